The van der Waals surface area contributed by atoms with Gasteiger partial charge in [-0.2, -0.15) is 5.26 Å². The summed E-state index contributed by atoms with van der Waals surface area (Å²) < 4.78 is 13.9. The van der Waals surface area contributed by atoms with Crippen molar-refractivity contribution in [3.05, 3.63) is 78.2 Å². The Hall–Kier alpha value is -3.01. The standard InChI is InChI=1S/C21H17ClN2O3S/c1-24-20(9-10-23)28-19(21(24)25)12-14-7-8-17(18(11-14)26-2)27-13-15-5-3-4-6-16(15)22/h3-9,11-12H,13H2,1-2H3/b19-12-,20-9-. The molecule has 0 N–H and O–H groups in total. The summed E-state index contributed by atoms with van der Waals surface area (Å²) in [5, 5.41) is 9.46. The molecule has 0 unspecified atom stereocenters. The molecule has 0 saturated heterocycles. The summed E-state index contributed by atoms with van der Waals surface area (Å²) in [6.45, 7) is 0.317. The molecule has 0 aliphatic heterocycles. The molecule has 3 aromatic rings. The van der Waals surface area contributed by atoms with Gasteiger partial charge in [0.1, 0.15) is 11.3 Å². The van der Waals surface area contributed by atoms with Gasteiger partial charge in [0.2, 0.25) is 0 Å². The molecule has 0 atom stereocenters. The molecule has 7 heteroatoms. The van der Waals surface area contributed by atoms with Crippen LogP contribution in [0, 0.1) is 11.3 Å². The zero-order valence-corrected chi connectivity index (χ0v) is 16.9. The lowest BCUT2D eigenvalue weighted by molar-refractivity contribution is 0.284. The fourth-order valence-corrected chi connectivity index (χ4v) is 3.74. The Labute approximate surface area is 171 Å². The van der Waals surface area contributed by atoms with Crippen LogP contribution in [0.3, 0.4) is 0 Å². The first kappa shape index (κ1) is 19.7. The zero-order valence-electron chi connectivity index (χ0n) is 15.3. The summed E-state index contributed by atoms with van der Waals surface area (Å²) >= 11 is 7.42. The lowest BCUT2D eigenvalue weighted by atomic mass is 10.2. The molecule has 1 aromatic heterocycles. The van der Waals surface area contributed by atoms with Gasteiger partial charge in [0.25, 0.3) is 5.56 Å². The average molecular weight is 413 g/mol. The van der Waals surface area contributed by atoms with E-state index in [9.17, 15) is 4.79 Å². The highest BCUT2D eigenvalue weighted by Gasteiger charge is 2.08. The summed E-state index contributed by atoms with van der Waals surface area (Å²) in [7, 11) is 3.21. The lowest BCUT2D eigenvalue weighted by Crippen LogP contribution is -2.28. The van der Waals surface area contributed by atoms with Gasteiger partial charge in [-0.05, 0) is 29.8 Å². The Morgan fingerprint density at radius 2 is 2.04 bits per heavy atom. The van der Waals surface area contributed by atoms with Crippen molar-refractivity contribution in [2.75, 3.05) is 7.11 Å². The van der Waals surface area contributed by atoms with Crippen molar-refractivity contribution in [1.82, 2.24) is 4.57 Å². The van der Waals surface area contributed by atoms with Crippen LogP contribution in [0.5, 0.6) is 11.5 Å². The third-order valence-corrected chi connectivity index (χ3v) is 5.56. The molecule has 0 aliphatic carbocycles. The first-order valence-corrected chi connectivity index (χ1v) is 9.54. The maximum atomic E-state index is 12.3. The molecule has 3 rings (SSSR count). The molecular formula is C21H17ClN2O3S. The maximum Gasteiger partial charge on any atom is 0.268 e. The minimum atomic E-state index is -0.149. The second-order valence-corrected chi connectivity index (χ2v) is 7.35. The van der Waals surface area contributed by atoms with Gasteiger partial charge in [-0.25, -0.2) is 0 Å². The molecule has 142 valence electrons. The average Bonchev–Trinajstić information content (AvgIpc) is 2.96. The first-order valence-electron chi connectivity index (χ1n) is 8.35. The first-order chi connectivity index (χ1) is 13.5. The van der Waals surface area contributed by atoms with Gasteiger partial charge in [0.05, 0.1) is 17.7 Å². The van der Waals surface area contributed by atoms with Crippen molar-refractivity contribution >= 4 is 35.1 Å². The largest absolute Gasteiger partial charge is 0.493 e. The van der Waals surface area contributed by atoms with E-state index >= 15 is 0 Å². The van der Waals surface area contributed by atoms with Crippen molar-refractivity contribution in [3.8, 4) is 17.6 Å². The molecular weight excluding hydrogens is 396 g/mol. The van der Waals surface area contributed by atoms with E-state index < -0.39 is 0 Å². The number of benzene rings is 2. The predicted octanol–water partition coefficient (Wildman–Crippen LogP) is 2.82. The topological polar surface area (TPSA) is 64.2 Å². The van der Waals surface area contributed by atoms with Gasteiger partial charge in [0, 0.05) is 23.7 Å². The second kappa shape index (κ2) is 8.79. The molecule has 0 aliphatic rings. The normalized spacial score (nSPS) is 12.1. The number of hydrogen-bond donors (Lipinski definition) is 0. The molecule has 2 aromatic carbocycles. The third-order valence-electron chi connectivity index (χ3n) is 4.08. The monoisotopic (exact) mass is 412 g/mol. The number of aromatic nitrogens is 1. The van der Waals surface area contributed by atoms with E-state index in [1.165, 1.54) is 22.0 Å². The highest BCUT2D eigenvalue weighted by atomic mass is 35.5. The van der Waals surface area contributed by atoms with Gasteiger partial charge in [0.15, 0.2) is 11.5 Å². The van der Waals surface area contributed by atoms with E-state index in [4.69, 9.17) is 26.3 Å². The van der Waals surface area contributed by atoms with Crippen LogP contribution >= 0.6 is 22.9 Å². The Kier molecular flexibility index (Phi) is 6.19. The van der Waals surface area contributed by atoms with Crippen molar-refractivity contribution in [1.29, 1.82) is 5.26 Å². The van der Waals surface area contributed by atoms with Crippen LogP contribution in [0.1, 0.15) is 11.1 Å². The SMILES string of the molecule is COc1cc(/C=c2\s/c(=C\C#N)n(C)c2=O)ccc1OCc1ccccc1Cl. The van der Waals surface area contributed by atoms with Crippen molar-refractivity contribution in [3.63, 3.8) is 0 Å². The lowest BCUT2D eigenvalue weighted by Gasteiger charge is -2.12. The molecule has 0 bridgehead atoms. The number of nitriles is 1. The Balaban J connectivity index is 1.91. The van der Waals surface area contributed by atoms with Gasteiger partial charge in [-0.15, -0.1) is 11.3 Å². The third kappa shape index (κ3) is 4.28. The molecule has 28 heavy (non-hydrogen) atoms. The smallest absolute Gasteiger partial charge is 0.268 e. The van der Waals surface area contributed by atoms with Gasteiger partial charge in [-0.1, -0.05) is 35.9 Å². The minimum absolute atomic E-state index is 0.149. The van der Waals surface area contributed by atoms with Crippen molar-refractivity contribution in [2.45, 2.75) is 6.61 Å². The molecule has 0 radical (unpaired) electrons. The quantitative estimate of drug-likeness (QED) is 0.646. The van der Waals surface area contributed by atoms with Crippen LogP contribution in [-0.2, 0) is 13.7 Å². The van der Waals surface area contributed by atoms with Gasteiger partial charge >= 0.3 is 0 Å². The molecule has 0 spiro atoms. The van der Waals surface area contributed by atoms with E-state index in [1.54, 1.807) is 32.4 Å². The number of ether oxygens (including phenoxy) is 2. The maximum absolute atomic E-state index is 12.3. The van der Waals surface area contributed by atoms with Crippen LogP contribution < -0.4 is 24.2 Å². The minimum Gasteiger partial charge on any atom is -0.493 e. The van der Waals surface area contributed by atoms with Gasteiger partial charge < -0.3 is 14.0 Å². The second-order valence-electron chi connectivity index (χ2n) is 5.88. The predicted molar refractivity (Wildman–Crippen MR) is 111 cm³/mol. The van der Waals surface area contributed by atoms with E-state index in [0.29, 0.717) is 32.3 Å². The van der Waals surface area contributed by atoms with E-state index in [2.05, 4.69) is 0 Å². The number of nitrogens with zero attached hydrogens (tertiary/aromatic N) is 2. The number of thiazole rings is 1. The fraction of sp³-hybridized carbons (Fsp3) is 0.143. The Morgan fingerprint density at radius 3 is 2.75 bits per heavy atom. The highest BCUT2D eigenvalue weighted by molar-refractivity contribution is 7.07. The summed E-state index contributed by atoms with van der Waals surface area (Å²) in [5.74, 6) is 1.13. The van der Waals surface area contributed by atoms with Crippen LogP contribution in [0.15, 0.2) is 47.3 Å². The van der Waals surface area contributed by atoms with Crippen molar-refractivity contribution < 1.29 is 9.47 Å². The van der Waals surface area contributed by atoms with Gasteiger partial charge in [-0.3, -0.25) is 4.79 Å². The molecule has 1 heterocycles. The molecule has 0 amide bonds. The zero-order chi connectivity index (χ0) is 20.1. The fourth-order valence-electron chi connectivity index (χ4n) is 2.58. The Bertz CT molecular complexity index is 1220. The summed E-state index contributed by atoms with van der Waals surface area (Å²) in [4.78, 5) is 12.3. The van der Waals surface area contributed by atoms with E-state index in [0.717, 1.165) is 11.1 Å². The van der Waals surface area contributed by atoms with E-state index in [1.807, 2.05) is 36.4 Å². The number of hydrogen-bond acceptors (Lipinski definition) is 5. The number of halogens is 1. The van der Waals surface area contributed by atoms with Crippen molar-refractivity contribution in [2.24, 2.45) is 7.05 Å². The number of rotatable bonds is 5. The van der Waals surface area contributed by atoms with Crippen LogP contribution in [0.4, 0.5) is 0 Å². The molecule has 0 saturated carbocycles. The van der Waals surface area contributed by atoms with Crippen LogP contribution in [0.25, 0.3) is 12.2 Å². The summed E-state index contributed by atoms with van der Waals surface area (Å²) in [6, 6.07) is 14.9. The molecule has 5 nitrogen and oxygen atoms in total. The summed E-state index contributed by atoms with van der Waals surface area (Å²) in [6.07, 6.45) is 3.12. The van der Waals surface area contributed by atoms with Crippen LogP contribution in [-0.4, -0.2) is 11.7 Å². The highest BCUT2D eigenvalue weighted by Crippen LogP contribution is 2.29. The number of methoxy groups -OCH3 is 1. The van der Waals surface area contributed by atoms with E-state index in [-0.39, 0.29) is 5.56 Å². The summed E-state index contributed by atoms with van der Waals surface area (Å²) in [5.41, 5.74) is 1.53. The van der Waals surface area contributed by atoms with Crippen LogP contribution in [0.2, 0.25) is 5.02 Å². The molecule has 0 fully saturated rings. The Morgan fingerprint density at radius 1 is 1.25 bits per heavy atom.